The monoisotopic (exact) mass is 227 g/mol. The lowest BCUT2D eigenvalue weighted by Crippen LogP contribution is -2.27. The lowest BCUT2D eigenvalue weighted by atomic mass is 9.85. The largest absolute Gasteiger partial charge is 0.454 e. The van der Waals surface area contributed by atoms with E-state index < -0.39 is 0 Å². The third-order valence-electron chi connectivity index (χ3n) is 2.72. The topological polar surface area (TPSA) is 44.5 Å². The number of rotatable bonds is 2. The first-order valence-electron chi connectivity index (χ1n) is 4.84. The SMILES string of the molecule is CC(C)(CN)c1cc(Cl)c2c(c1)OCO2. The van der Waals surface area contributed by atoms with Crippen molar-refractivity contribution >= 4 is 11.6 Å². The van der Waals surface area contributed by atoms with Crippen LogP contribution in [0.1, 0.15) is 19.4 Å². The third-order valence-corrected chi connectivity index (χ3v) is 3.00. The first-order valence-corrected chi connectivity index (χ1v) is 5.22. The number of hydrogen-bond donors (Lipinski definition) is 1. The van der Waals surface area contributed by atoms with Crippen LogP contribution < -0.4 is 15.2 Å². The van der Waals surface area contributed by atoms with Gasteiger partial charge in [-0.3, -0.25) is 0 Å². The van der Waals surface area contributed by atoms with Gasteiger partial charge in [0.25, 0.3) is 0 Å². The van der Waals surface area contributed by atoms with Gasteiger partial charge in [0.15, 0.2) is 11.5 Å². The first kappa shape index (κ1) is 10.6. The van der Waals surface area contributed by atoms with Crippen molar-refractivity contribution in [2.45, 2.75) is 19.3 Å². The molecule has 0 saturated heterocycles. The summed E-state index contributed by atoms with van der Waals surface area (Å²) < 4.78 is 10.6. The molecule has 4 heteroatoms. The van der Waals surface area contributed by atoms with E-state index in [-0.39, 0.29) is 12.2 Å². The number of nitrogens with two attached hydrogens (primary N) is 1. The molecule has 0 spiro atoms. The molecule has 0 atom stereocenters. The zero-order valence-electron chi connectivity index (χ0n) is 8.84. The van der Waals surface area contributed by atoms with Crippen molar-refractivity contribution in [2.75, 3.05) is 13.3 Å². The molecule has 1 aliphatic rings. The van der Waals surface area contributed by atoms with Crippen LogP contribution in [0.25, 0.3) is 0 Å². The van der Waals surface area contributed by atoms with Crippen LogP contribution in [0, 0.1) is 0 Å². The van der Waals surface area contributed by atoms with Crippen molar-refractivity contribution < 1.29 is 9.47 Å². The van der Waals surface area contributed by atoms with Crippen LogP contribution in [0.15, 0.2) is 12.1 Å². The highest BCUT2D eigenvalue weighted by Gasteiger charge is 2.25. The molecule has 3 nitrogen and oxygen atoms in total. The van der Waals surface area contributed by atoms with Crippen LogP contribution in [0.3, 0.4) is 0 Å². The highest BCUT2D eigenvalue weighted by atomic mass is 35.5. The van der Waals surface area contributed by atoms with Crippen LogP contribution in [0.4, 0.5) is 0 Å². The van der Waals surface area contributed by atoms with Gasteiger partial charge < -0.3 is 15.2 Å². The molecule has 0 amide bonds. The van der Waals surface area contributed by atoms with Gasteiger partial charge in [-0.2, -0.15) is 0 Å². The summed E-state index contributed by atoms with van der Waals surface area (Å²) in [5.74, 6) is 1.34. The van der Waals surface area contributed by atoms with Gasteiger partial charge in [0, 0.05) is 12.0 Å². The standard InChI is InChI=1S/C11H14ClNO2/c1-11(2,5-13)7-3-8(12)10-9(4-7)14-6-15-10/h3-4H,5-6,13H2,1-2H3. The average molecular weight is 228 g/mol. The number of hydrogen-bond acceptors (Lipinski definition) is 3. The fraction of sp³-hybridized carbons (Fsp3) is 0.455. The predicted octanol–water partition coefficient (Wildman–Crippen LogP) is 2.31. The van der Waals surface area contributed by atoms with Gasteiger partial charge >= 0.3 is 0 Å². The second-order valence-corrected chi connectivity index (χ2v) is 4.69. The Bertz CT molecular complexity index is 390. The first-order chi connectivity index (χ1) is 7.04. The Kier molecular flexibility index (Phi) is 2.52. The van der Waals surface area contributed by atoms with Crippen molar-refractivity contribution in [1.82, 2.24) is 0 Å². The number of benzene rings is 1. The van der Waals surface area contributed by atoms with E-state index in [0.717, 1.165) is 5.56 Å². The molecule has 1 aromatic rings. The molecule has 0 saturated carbocycles. The summed E-state index contributed by atoms with van der Waals surface area (Å²) in [6, 6.07) is 3.84. The maximum Gasteiger partial charge on any atom is 0.231 e. The summed E-state index contributed by atoms with van der Waals surface area (Å²) in [4.78, 5) is 0. The van der Waals surface area contributed by atoms with Crippen molar-refractivity contribution in [2.24, 2.45) is 5.73 Å². The van der Waals surface area contributed by atoms with Crippen LogP contribution in [-0.2, 0) is 5.41 Å². The minimum Gasteiger partial charge on any atom is -0.454 e. The van der Waals surface area contributed by atoms with Crippen molar-refractivity contribution in [3.8, 4) is 11.5 Å². The maximum absolute atomic E-state index is 6.09. The van der Waals surface area contributed by atoms with Crippen LogP contribution in [0.5, 0.6) is 11.5 Å². The van der Waals surface area contributed by atoms with Gasteiger partial charge in [0.1, 0.15) is 0 Å². The van der Waals surface area contributed by atoms with Gasteiger partial charge in [0.2, 0.25) is 6.79 Å². The normalized spacial score (nSPS) is 14.4. The highest BCUT2D eigenvalue weighted by Crippen LogP contribution is 2.42. The summed E-state index contributed by atoms with van der Waals surface area (Å²) in [5.41, 5.74) is 6.68. The minimum absolute atomic E-state index is 0.107. The second-order valence-electron chi connectivity index (χ2n) is 4.28. The molecule has 2 rings (SSSR count). The highest BCUT2D eigenvalue weighted by molar-refractivity contribution is 6.32. The molecule has 0 unspecified atom stereocenters. The van der Waals surface area contributed by atoms with Gasteiger partial charge in [-0.15, -0.1) is 0 Å². The molecule has 1 aliphatic heterocycles. The Labute approximate surface area is 94.1 Å². The zero-order valence-corrected chi connectivity index (χ0v) is 9.60. The molecule has 0 aromatic heterocycles. The summed E-state index contributed by atoms with van der Waals surface area (Å²) in [7, 11) is 0. The number of ether oxygens (including phenoxy) is 2. The van der Waals surface area contributed by atoms with Crippen LogP contribution in [-0.4, -0.2) is 13.3 Å². The molecule has 1 aromatic carbocycles. The summed E-state index contributed by atoms with van der Waals surface area (Å²) >= 11 is 6.09. The van der Waals surface area contributed by atoms with Crippen molar-refractivity contribution in [1.29, 1.82) is 0 Å². The van der Waals surface area contributed by atoms with Crippen molar-refractivity contribution in [3.05, 3.63) is 22.7 Å². The van der Waals surface area contributed by atoms with E-state index in [0.29, 0.717) is 23.1 Å². The van der Waals surface area contributed by atoms with Gasteiger partial charge in [-0.05, 0) is 17.7 Å². The molecular weight excluding hydrogens is 214 g/mol. The Morgan fingerprint density at radius 2 is 2.13 bits per heavy atom. The Balaban J connectivity index is 2.48. The third kappa shape index (κ3) is 1.77. The van der Waals surface area contributed by atoms with E-state index in [2.05, 4.69) is 13.8 Å². The smallest absolute Gasteiger partial charge is 0.231 e. The Morgan fingerprint density at radius 3 is 2.80 bits per heavy atom. The quantitative estimate of drug-likeness (QED) is 0.843. The predicted molar refractivity (Wildman–Crippen MR) is 59.7 cm³/mol. The maximum atomic E-state index is 6.09. The fourth-order valence-electron chi connectivity index (χ4n) is 1.48. The van der Waals surface area contributed by atoms with E-state index in [9.17, 15) is 0 Å². The fourth-order valence-corrected chi connectivity index (χ4v) is 1.74. The summed E-state index contributed by atoms with van der Waals surface area (Å²) in [5, 5.41) is 0.585. The minimum atomic E-state index is -0.107. The van der Waals surface area contributed by atoms with Crippen molar-refractivity contribution in [3.63, 3.8) is 0 Å². The summed E-state index contributed by atoms with van der Waals surface area (Å²) in [6.07, 6.45) is 0. The number of halogens is 1. The molecule has 2 N–H and O–H groups in total. The molecule has 0 fully saturated rings. The number of fused-ring (bicyclic) bond motifs is 1. The molecular formula is C11H14ClNO2. The Hall–Kier alpha value is -0.930. The summed E-state index contributed by atoms with van der Waals surface area (Å²) in [6.45, 7) is 4.94. The lowest BCUT2D eigenvalue weighted by Gasteiger charge is -2.23. The molecule has 0 bridgehead atoms. The van der Waals surface area contributed by atoms with E-state index in [1.807, 2.05) is 12.1 Å². The second kappa shape index (κ2) is 3.58. The molecule has 82 valence electrons. The molecule has 1 heterocycles. The van der Waals surface area contributed by atoms with Crippen LogP contribution >= 0.6 is 11.6 Å². The Morgan fingerprint density at radius 1 is 1.40 bits per heavy atom. The average Bonchev–Trinajstić information content (AvgIpc) is 2.66. The lowest BCUT2D eigenvalue weighted by molar-refractivity contribution is 0.174. The van der Waals surface area contributed by atoms with E-state index in [1.165, 1.54) is 0 Å². The molecule has 0 aliphatic carbocycles. The van der Waals surface area contributed by atoms with E-state index in [4.69, 9.17) is 26.8 Å². The molecule has 0 radical (unpaired) electrons. The van der Waals surface area contributed by atoms with Gasteiger partial charge in [-0.25, -0.2) is 0 Å². The van der Waals surface area contributed by atoms with Crippen LogP contribution in [0.2, 0.25) is 5.02 Å². The van der Waals surface area contributed by atoms with Gasteiger partial charge in [-0.1, -0.05) is 25.4 Å². The molecule has 15 heavy (non-hydrogen) atoms. The zero-order chi connectivity index (χ0) is 11.1. The van der Waals surface area contributed by atoms with E-state index >= 15 is 0 Å². The van der Waals surface area contributed by atoms with E-state index in [1.54, 1.807) is 0 Å². The van der Waals surface area contributed by atoms with Gasteiger partial charge in [0.05, 0.1) is 5.02 Å².